The van der Waals surface area contributed by atoms with Crippen LogP contribution in [-0.2, 0) is 13.0 Å². The molecule has 1 unspecified atom stereocenters. The molecule has 1 aliphatic heterocycles. The van der Waals surface area contributed by atoms with Crippen molar-refractivity contribution in [3.63, 3.8) is 0 Å². The lowest BCUT2D eigenvalue weighted by atomic mass is 10.2. The fraction of sp³-hybridized carbons (Fsp3) is 0.389. The average Bonchev–Trinajstić information content (AvgIpc) is 3.43. The third kappa shape index (κ3) is 4.20. The molecule has 0 aliphatic carbocycles. The molecule has 1 atom stereocenters. The van der Waals surface area contributed by atoms with Gasteiger partial charge in [-0.3, -0.25) is 14.7 Å². The molecule has 1 aliphatic rings. The van der Waals surface area contributed by atoms with E-state index in [1.165, 1.54) is 4.88 Å². The first kappa shape index (κ1) is 17.7. The molecule has 3 aromatic rings. The van der Waals surface area contributed by atoms with Crippen molar-refractivity contribution in [1.82, 2.24) is 25.4 Å². The maximum atomic E-state index is 12.4. The lowest BCUT2D eigenvalue weighted by Gasteiger charge is -2.22. The van der Waals surface area contributed by atoms with Crippen LogP contribution in [0.25, 0.3) is 0 Å². The number of H-pyrrole nitrogens is 2. The van der Waals surface area contributed by atoms with Gasteiger partial charge in [-0.05, 0) is 43.7 Å². The number of rotatable bonds is 7. The zero-order valence-corrected chi connectivity index (χ0v) is 15.6. The van der Waals surface area contributed by atoms with E-state index in [1.54, 1.807) is 17.6 Å². The Morgan fingerprint density at radius 1 is 1.41 bits per heavy atom. The van der Waals surface area contributed by atoms with E-state index in [1.807, 2.05) is 18.2 Å². The smallest absolute Gasteiger partial charge is 0.340 e. The van der Waals surface area contributed by atoms with Gasteiger partial charge in [0.15, 0.2) is 0 Å². The summed E-state index contributed by atoms with van der Waals surface area (Å²) in [6, 6.07) is 8.17. The fourth-order valence-electron chi connectivity index (χ4n) is 3.40. The number of thiophene rings is 1. The number of aromatic nitrogens is 3. The first-order valence-corrected chi connectivity index (χ1v) is 9.78. The summed E-state index contributed by atoms with van der Waals surface area (Å²) in [7, 11) is 0. The SMILES string of the molecule is O=C(NCCc1n[nH]c(=O)[nH]1)c1ccc(C2CCCN2Cc2ccco2)s1. The van der Waals surface area contributed by atoms with Crippen molar-refractivity contribution in [3.8, 4) is 0 Å². The molecule has 0 aromatic carbocycles. The molecule has 4 rings (SSSR count). The van der Waals surface area contributed by atoms with Crippen LogP contribution in [0.4, 0.5) is 0 Å². The molecule has 1 amide bonds. The Morgan fingerprint density at radius 2 is 2.33 bits per heavy atom. The highest BCUT2D eigenvalue weighted by molar-refractivity contribution is 7.14. The lowest BCUT2D eigenvalue weighted by Crippen LogP contribution is -2.25. The molecule has 0 spiro atoms. The van der Waals surface area contributed by atoms with E-state index in [-0.39, 0.29) is 11.6 Å². The maximum Gasteiger partial charge on any atom is 0.340 e. The molecule has 3 aromatic heterocycles. The molecular formula is C18H21N5O3S. The number of carbonyl (C=O) groups excluding carboxylic acids is 1. The number of aromatic amines is 2. The summed E-state index contributed by atoms with van der Waals surface area (Å²) in [4.78, 5) is 30.3. The van der Waals surface area contributed by atoms with E-state index < -0.39 is 0 Å². The minimum absolute atomic E-state index is 0.0975. The predicted molar refractivity (Wildman–Crippen MR) is 101 cm³/mol. The molecule has 0 radical (unpaired) electrons. The van der Waals surface area contributed by atoms with Crippen molar-refractivity contribution in [3.05, 3.63) is 62.4 Å². The van der Waals surface area contributed by atoms with Crippen LogP contribution in [0, 0.1) is 0 Å². The number of likely N-dealkylation sites (tertiary alicyclic amines) is 1. The summed E-state index contributed by atoms with van der Waals surface area (Å²) >= 11 is 1.54. The number of nitrogens with one attached hydrogen (secondary N) is 3. The quantitative estimate of drug-likeness (QED) is 0.575. The average molecular weight is 387 g/mol. The van der Waals surface area contributed by atoms with Crippen LogP contribution < -0.4 is 11.0 Å². The van der Waals surface area contributed by atoms with E-state index in [4.69, 9.17) is 4.42 Å². The van der Waals surface area contributed by atoms with E-state index in [2.05, 4.69) is 31.5 Å². The zero-order valence-electron chi connectivity index (χ0n) is 14.7. The van der Waals surface area contributed by atoms with Crippen molar-refractivity contribution >= 4 is 17.2 Å². The Hall–Kier alpha value is -2.65. The Balaban J connectivity index is 1.34. The first-order valence-electron chi connectivity index (χ1n) is 8.97. The monoisotopic (exact) mass is 387 g/mol. The van der Waals surface area contributed by atoms with Crippen molar-refractivity contribution < 1.29 is 9.21 Å². The number of amides is 1. The highest BCUT2D eigenvalue weighted by Crippen LogP contribution is 2.36. The van der Waals surface area contributed by atoms with Gasteiger partial charge in [-0.1, -0.05) is 0 Å². The fourth-order valence-corrected chi connectivity index (χ4v) is 4.49. The number of carbonyl (C=O) groups is 1. The minimum atomic E-state index is -0.338. The van der Waals surface area contributed by atoms with Gasteiger partial charge in [-0.2, -0.15) is 5.10 Å². The molecule has 142 valence electrons. The van der Waals surface area contributed by atoms with Crippen molar-refractivity contribution in [1.29, 1.82) is 0 Å². The summed E-state index contributed by atoms with van der Waals surface area (Å²) < 4.78 is 5.47. The highest BCUT2D eigenvalue weighted by Gasteiger charge is 2.28. The van der Waals surface area contributed by atoms with Crippen LogP contribution in [-0.4, -0.2) is 39.1 Å². The van der Waals surface area contributed by atoms with Crippen LogP contribution >= 0.6 is 11.3 Å². The Labute approximate surface area is 159 Å². The second-order valence-corrected chi connectivity index (χ2v) is 7.66. The molecule has 1 fully saturated rings. The number of furan rings is 1. The predicted octanol–water partition coefficient (Wildman–Crippen LogP) is 2.06. The molecule has 4 heterocycles. The number of hydrogen-bond acceptors (Lipinski definition) is 6. The Morgan fingerprint density at radius 3 is 3.11 bits per heavy atom. The molecule has 0 saturated carbocycles. The second-order valence-electron chi connectivity index (χ2n) is 6.54. The molecule has 27 heavy (non-hydrogen) atoms. The van der Waals surface area contributed by atoms with Gasteiger partial charge in [0, 0.05) is 23.9 Å². The summed E-state index contributed by atoms with van der Waals surface area (Å²) in [5.74, 6) is 1.40. The summed E-state index contributed by atoms with van der Waals surface area (Å²) in [6.07, 6.45) is 4.41. The van der Waals surface area contributed by atoms with Gasteiger partial charge in [-0.25, -0.2) is 9.89 Å². The van der Waals surface area contributed by atoms with E-state index in [0.29, 0.717) is 29.7 Å². The van der Waals surface area contributed by atoms with E-state index in [0.717, 1.165) is 31.7 Å². The summed E-state index contributed by atoms with van der Waals surface area (Å²) in [5.41, 5.74) is -0.338. The van der Waals surface area contributed by atoms with Crippen molar-refractivity contribution in [2.45, 2.75) is 31.8 Å². The van der Waals surface area contributed by atoms with Crippen molar-refractivity contribution in [2.24, 2.45) is 0 Å². The van der Waals surface area contributed by atoms with Crippen LogP contribution in [0.15, 0.2) is 39.7 Å². The maximum absolute atomic E-state index is 12.4. The van der Waals surface area contributed by atoms with E-state index in [9.17, 15) is 9.59 Å². The molecule has 1 saturated heterocycles. The third-order valence-corrected chi connectivity index (χ3v) is 5.86. The van der Waals surface area contributed by atoms with Crippen LogP contribution in [0.1, 0.15) is 45.0 Å². The minimum Gasteiger partial charge on any atom is -0.468 e. The van der Waals surface area contributed by atoms with Gasteiger partial charge in [-0.15, -0.1) is 11.3 Å². The Kier molecular flexibility index (Phi) is 5.21. The molecular weight excluding hydrogens is 366 g/mol. The van der Waals surface area contributed by atoms with Gasteiger partial charge in [0.05, 0.1) is 17.7 Å². The number of hydrogen-bond donors (Lipinski definition) is 3. The van der Waals surface area contributed by atoms with Gasteiger partial charge in [0.2, 0.25) is 0 Å². The van der Waals surface area contributed by atoms with Gasteiger partial charge in [0.25, 0.3) is 5.91 Å². The molecule has 3 N–H and O–H groups in total. The number of nitrogens with zero attached hydrogens (tertiary/aromatic N) is 2. The van der Waals surface area contributed by atoms with Crippen LogP contribution in [0.3, 0.4) is 0 Å². The second kappa shape index (κ2) is 7.93. The van der Waals surface area contributed by atoms with Gasteiger partial charge in [0.1, 0.15) is 11.6 Å². The van der Waals surface area contributed by atoms with Crippen LogP contribution in [0.2, 0.25) is 0 Å². The normalized spacial score (nSPS) is 17.4. The largest absolute Gasteiger partial charge is 0.468 e. The third-order valence-electron chi connectivity index (χ3n) is 4.68. The van der Waals surface area contributed by atoms with E-state index >= 15 is 0 Å². The van der Waals surface area contributed by atoms with Crippen molar-refractivity contribution in [2.75, 3.05) is 13.1 Å². The van der Waals surface area contributed by atoms with Gasteiger partial charge >= 0.3 is 5.69 Å². The summed E-state index contributed by atoms with van der Waals surface area (Å²) in [5, 5.41) is 9.01. The zero-order chi connectivity index (χ0) is 18.6. The molecule has 9 heteroatoms. The molecule has 0 bridgehead atoms. The summed E-state index contributed by atoms with van der Waals surface area (Å²) in [6.45, 7) is 2.24. The highest BCUT2D eigenvalue weighted by atomic mass is 32.1. The van der Waals surface area contributed by atoms with Crippen LogP contribution in [0.5, 0.6) is 0 Å². The lowest BCUT2D eigenvalue weighted by molar-refractivity contribution is 0.0958. The first-order chi connectivity index (χ1) is 13.2. The standard InChI is InChI=1S/C18H21N5O3S/c24-17(19-8-7-16-20-18(25)22-21-16)15-6-5-14(27-15)13-4-1-9-23(13)11-12-3-2-10-26-12/h2-3,5-6,10,13H,1,4,7-9,11H2,(H,19,24)(H2,20,21,22,25). The Bertz CT molecular complexity index is 942. The van der Waals surface area contributed by atoms with Gasteiger partial charge < -0.3 is 9.73 Å². The topological polar surface area (TPSA) is 107 Å². The molecule has 8 nitrogen and oxygen atoms in total.